The minimum absolute atomic E-state index is 0.522. The topological polar surface area (TPSA) is 89.0 Å². The smallest absolute Gasteiger partial charge is 0.225 e. The standard InChI is InChI=1S/C14H15N5O2/c1-9-6-12(17-13-7-10(2)21-19-13)18-14(16-9)15-8-11-4-3-5-20-11/h3-7H,8H2,1-2H3,(H2,15,16,17,18,19). The lowest BCUT2D eigenvalue weighted by atomic mass is 10.4. The van der Waals surface area contributed by atoms with Crippen molar-refractivity contribution in [3.63, 3.8) is 0 Å². The fourth-order valence-corrected chi connectivity index (χ4v) is 1.85. The molecular formula is C14H15N5O2. The Labute approximate surface area is 121 Å². The lowest BCUT2D eigenvalue weighted by Crippen LogP contribution is -2.05. The Bertz CT molecular complexity index is 721. The average Bonchev–Trinajstić information content (AvgIpc) is 3.08. The van der Waals surface area contributed by atoms with Gasteiger partial charge in [0.15, 0.2) is 5.82 Å². The maximum atomic E-state index is 5.26. The largest absolute Gasteiger partial charge is 0.467 e. The molecule has 0 amide bonds. The van der Waals surface area contributed by atoms with E-state index < -0.39 is 0 Å². The molecule has 0 aliphatic rings. The summed E-state index contributed by atoms with van der Waals surface area (Å²) >= 11 is 0. The van der Waals surface area contributed by atoms with E-state index in [4.69, 9.17) is 8.94 Å². The third-order valence-electron chi connectivity index (χ3n) is 2.74. The Hall–Kier alpha value is -2.83. The van der Waals surface area contributed by atoms with E-state index in [2.05, 4.69) is 25.8 Å². The van der Waals surface area contributed by atoms with Gasteiger partial charge in [0.1, 0.15) is 17.3 Å². The van der Waals surface area contributed by atoms with Crippen molar-refractivity contribution in [3.05, 3.63) is 47.7 Å². The summed E-state index contributed by atoms with van der Waals surface area (Å²) in [6.45, 7) is 4.26. The van der Waals surface area contributed by atoms with Gasteiger partial charge < -0.3 is 19.6 Å². The first kappa shape index (κ1) is 13.2. The van der Waals surface area contributed by atoms with Crippen molar-refractivity contribution in [2.75, 3.05) is 10.6 Å². The molecule has 3 rings (SSSR count). The number of furan rings is 1. The molecule has 0 saturated heterocycles. The number of hydrogen-bond donors (Lipinski definition) is 2. The predicted octanol–water partition coefficient (Wildman–Crippen LogP) is 3.03. The Morgan fingerprint density at radius 2 is 2.05 bits per heavy atom. The molecule has 0 unspecified atom stereocenters. The van der Waals surface area contributed by atoms with Crippen molar-refractivity contribution in [3.8, 4) is 0 Å². The number of aromatic nitrogens is 3. The number of hydrogen-bond acceptors (Lipinski definition) is 7. The fourth-order valence-electron chi connectivity index (χ4n) is 1.85. The van der Waals surface area contributed by atoms with Crippen LogP contribution in [0.3, 0.4) is 0 Å². The highest BCUT2D eigenvalue weighted by Gasteiger charge is 2.06. The van der Waals surface area contributed by atoms with Crippen molar-refractivity contribution in [1.82, 2.24) is 15.1 Å². The second-order valence-electron chi connectivity index (χ2n) is 4.60. The van der Waals surface area contributed by atoms with Gasteiger partial charge >= 0.3 is 0 Å². The van der Waals surface area contributed by atoms with Crippen LogP contribution in [0.1, 0.15) is 17.2 Å². The summed E-state index contributed by atoms with van der Waals surface area (Å²) in [5, 5.41) is 10.1. The van der Waals surface area contributed by atoms with E-state index in [0.29, 0.717) is 24.1 Å². The van der Waals surface area contributed by atoms with Gasteiger partial charge in [-0.3, -0.25) is 0 Å². The fraction of sp³-hybridized carbons (Fsp3) is 0.214. The lowest BCUT2D eigenvalue weighted by molar-refractivity contribution is 0.400. The predicted molar refractivity (Wildman–Crippen MR) is 77.3 cm³/mol. The molecule has 3 heterocycles. The van der Waals surface area contributed by atoms with Crippen LogP contribution in [0, 0.1) is 13.8 Å². The molecule has 0 bridgehead atoms. The molecule has 7 heteroatoms. The summed E-state index contributed by atoms with van der Waals surface area (Å²) in [6, 6.07) is 7.36. The molecule has 7 nitrogen and oxygen atoms in total. The molecule has 0 aliphatic heterocycles. The van der Waals surface area contributed by atoms with Gasteiger partial charge in [0, 0.05) is 17.8 Å². The highest BCUT2D eigenvalue weighted by atomic mass is 16.5. The van der Waals surface area contributed by atoms with Crippen LogP contribution in [-0.4, -0.2) is 15.1 Å². The van der Waals surface area contributed by atoms with Crippen LogP contribution in [0.15, 0.2) is 39.5 Å². The van der Waals surface area contributed by atoms with E-state index >= 15 is 0 Å². The highest BCUT2D eigenvalue weighted by Crippen LogP contribution is 2.16. The third-order valence-corrected chi connectivity index (χ3v) is 2.74. The number of nitrogens with zero attached hydrogens (tertiary/aromatic N) is 3. The molecule has 0 fully saturated rings. The van der Waals surface area contributed by atoms with Crippen LogP contribution in [-0.2, 0) is 6.54 Å². The summed E-state index contributed by atoms with van der Waals surface area (Å²) in [5.41, 5.74) is 0.842. The molecule has 0 atom stereocenters. The molecule has 3 aromatic heterocycles. The molecule has 108 valence electrons. The van der Waals surface area contributed by atoms with Crippen molar-refractivity contribution in [1.29, 1.82) is 0 Å². The van der Waals surface area contributed by atoms with Crippen LogP contribution >= 0.6 is 0 Å². The first-order chi connectivity index (χ1) is 10.2. The number of rotatable bonds is 5. The first-order valence-corrected chi connectivity index (χ1v) is 6.51. The number of anilines is 3. The van der Waals surface area contributed by atoms with Gasteiger partial charge in [0.05, 0.1) is 12.8 Å². The van der Waals surface area contributed by atoms with Gasteiger partial charge in [-0.25, -0.2) is 4.98 Å². The molecular weight excluding hydrogens is 270 g/mol. The minimum atomic E-state index is 0.522. The molecule has 0 radical (unpaired) electrons. The Morgan fingerprint density at radius 3 is 2.76 bits per heavy atom. The Balaban J connectivity index is 1.72. The maximum absolute atomic E-state index is 5.26. The second-order valence-corrected chi connectivity index (χ2v) is 4.60. The highest BCUT2D eigenvalue weighted by molar-refractivity contribution is 5.53. The van der Waals surface area contributed by atoms with Crippen molar-refractivity contribution in [2.24, 2.45) is 0 Å². The Morgan fingerprint density at radius 1 is 1.14 bits per heavy atom. The molecule has 0 saturated carbocycles. The van der Waals surface area contributed by atoms with E-state index in [1.54, 1.807) is 12.3 Å². The summed E-state index contributed by atoms with van der Waals surface area (Å²) in [4.78, 5) is 8.71. The summed E-state index contributed by atoms with van der Waals surface area (Å²) in [5.74, 6) is 3.34. The third kappa shape index (κ3) is 3.38. The van der Waals surface area contributed by atoms with Crippen LogP contribution in [0.5, 0.6) is 0 Å². The zero-order chi connectivity index (χ0) is 14.7. The van der Waals surface area contributed by atoms with Gasteiger partial charge in [0.2, 0.25) is 5.95 Å². The van der Waals surface area contributed by atoms with Gasteiger partial charge in [-0.2, -0.15) is 4.98 Å². The molecule has 0 aliphatic carbocycles. The van der Waals surface area contributed by atoms with Crippen LogP contribution < -0.4 is 10.6 Å². The lowest BCUT2D eigenvalue weighted by Gasteiger charge is -2.07. The molecule has 0 spiro atoms. The van der Waals surface area contributed by atoms with Crippen LogP contribution in [0.2, 0.25) is 0 Å². The SMILES string of the molecule is Cc1cc(Nc2cc(C)on2)nc(NCc2ccco2)n1. The van der Waals surface area contributed by atoms with Crippen LogP contribution in [0.25, 0.3) is 0 Å². The summed E-state index contributed by atoms with van der Waals surface area (Å²) in [6.07, 6.45) is 1.63. The zero-order valence-corrected chi connectivity index (χ0v) is 11.8. The molecule has 2 N–H and O–H groups in total. The second kappa shape index (κ2) is 5.66. The van der Waals surface area contributed by atoms with E-state index in [1.165, 1.54) is 0 Å². The Kier molecular flexibility index (Phi) is 3.55. The molecule has 0 aromatic carbocycles. The van der Waals surface area contributed by atoms with E-state index in [-0.39, 0.29) is 0 Å². The van der Waals surface area contributed by atoms with E-state index in [0.717, 1.165) is 17.2 Å². The van der Waals surface area contributed by atoms with Crippen molar-refractivity contribution >= 4 is 17.6 Å². The normalized spacial score (nSPS) is 10.6. The maximum Gasteiger partial charge on any atom is 0.225 e. The molecule has 21 heavy (non-hydrogen) atoms. The van der Waals surface area contributed by atoms with Gasteiger partial charge in [-0.1, -0.05) is 5.16 Å². The van der Waals surface area contributed by atoms with Crippen LogP contribution in [0.4, 0.5) is 17.6 Å². The van der Waals surface area contributed by atoms with Crippen molar-refractivity contribution in [2.45, 2.75) is 20.4 Å². The van der Waals surface area contributed by atoms with E-state index in [9.17, 15) is 0 Å². The van der Waals surface area contributed by atoms with Gasteiger partial charge in [-0.15, -0.1) is 0 Å². The van der Waals surface area contributed by atoms with E-state index in [1.807, 2.05) is 32.0 Å². The van der Waals surface area contributed by atoms with Crippen molar-refractivity contribution < 1.29 is 8.94 Å². The summed E-state index contributed by atoms with van der Waals surface area (Å²) < 4.78 is 10.3. The number of nitrogens with one attached hydrogen (secondary N) is 2. The summed E-state index contributed by atoms with van der Waals surface area (Å²) in [7, 11) is 0. The molecule has 3 aromatic rings. The zero-order valence-electron chi connectivity index (χ0n) is 11.8. The van der Waals surface area contributed by atoms with Gasteiger partial charge in [-0.05, 0) is 26.0 Å². The quantitative estimate of drug-likeness (QED) is 0.744. The first-order valence-electron chi connectivity index (χ1n) is 6.51. The monoisotopic (exact) mass is 285 g/mol. The van der Waals surface area contributed by atoms with Gasteiger partial charge in [0.25, 0.3) is 0 Å². The number of aryl methyl sites for hydroxylation is 2. The minimum Gasteiger partial charge on any atom is -0.467 e. The average molecular weight is 285 g/mol.